The molecule has 166 valence electrons. The normalized spacial score (nSPS) is 26.5. The summed E-state index contributed by atoms with van der Waals surface area (Å²) in [5, 5.41) is 26.1. The van der Waals surface area contributed by atoms with E-state index in [0.717, 1.165) is 30.5 Å². The van der Waals surface area contributed by atoms with E-state index in [1.54, 1.807) is 18.3 Å². The van der Waals surface area contributed by atoms with Crippen LogP contribution in [0.2, 0.25) is 0 Å². The number of carbonyl (C=O) groups is 1. The molecule has 2 aliphatic rings. The van der Waals surface area contributed by atoms with Crippen LogP contribution >= 0.6 is 11.6 Å². The quantitative estimate of drug-likeness (QED) is 0.475. The van der Waals surface area contributed by atoms with Crippen molar-refractivity contribution in [3.05, 3.63) is 71.6 Å². The SMILES string of the molecule is O=C(C=CC[C@]12CC[C@@](O)(C#CCl)C[C@@H]1CCc1cc(O)ccc12)NCc1ccccn1. The van der Waals surface area contributed by atoms with Crippen molar-refractivity contribution < 1.29 is 15.0 Å². The number of amides is 1. The van der Waals surface area contributed by atoms with E-state index in [1.165, 1.54) is 5.56 Å². The van der Waals surface area contributed by atoms with Gasteiger partial charge >= 0.3 is 0 Å². The molecular formula is C26H27ClN2O3. The van der Waals surface area contributed by atoms with Crippen molar-refractivity contribution in [1.82, 2.24) is 10.3 Å². The molecule has 1 aromatic carbocycles. The molecule has 5 nitrogen and oxygen atoms in total. The molecule has 3 N–H and O–H groups in total. The summed E-state index contributed by atoms with van der Waals surface area (Å²) in [5.41, 5.74) is 1.86. The van der Waals surface area contributed by atoms with E-state index in [-0.39, 0.29) is 23.0 Å². The predicted octanol–water partition coefficient (Wildman–Crippen LogP) is 3.96. The fourth-order valence-electron chi connectivity index (χ4n) is 5.37. The third kappa shape index (κ3) is 4.67. The Balaban J connectivity index is 1.53. The maximum absolute atomic E-state index is 12.4. The minimum atomic E-state index is -1.08. The fraction of sp³-hybridized carbons (Fsp3) is 0.385. The molecule has 1 saturated carbocycles. The summed E-state index contributed by atoms with van der Waals surface area (Å²) in [6.45, 7) is 0.379. The summed E-state index contributed by atoms with van der Waals surface area (Å²) in [6, 6.07) is 11.2. The summed E-state index contributed by atoms with van der Waals surface area (Å²) >= 11 is 5.62. The first-order valence-corrected chi connectivity index (χ1v) is 11.3. The van der Waals surface area contributed by atoms with E-state index in [2.05, 4.69) is 21.6 Å². The molecule has 2 aromatic rings. The van der Waals surface area contributed by atoms with E-state index >= 15 is 0 Å². The van der Waals surface area contributed by atoms with Crippen molar-refractivity contribution in [2.45, 2.75) is 56.1 Å². The first kappa shape index (κ1) is 22.4. The molecule has 3 atom stereocenters. The maximum atomic E-state index is 12.4. The van der Waals surface area contributed by atoms with E-state index < -0.39 is 5.60 Å². The highest BCUT2D eigenvalue weighted by Gasteiger charge is 2.50. The Kier molecular flexibility index (Phi) is 6.55. The number of fused-ring (bicyclic) bond motifs is 3. The van der Waals surface area contributed by atoms with Crippen molar-refractivity contribution in [1.29, 1.82) is 0 Å². The molecule has 32 heavy (non-hydrogen) atoms. The zero-order chi connectivity index (χ0) is 22.6. The minimum Gasteiger partial charge on any atom is -0.508 e. The van der Waals surface area contributed by atoms with Gasteiger partial charge in [-0.2, -0.15) is 0 Å². The number of aryl methyl sites for hydroxylation is 1. The van der Waals surface area contributed by atoms with Crippen LogP contribution in [0.3, 0.4) is 0 Å². The lowest BCUT2D eigenvalue weighted by Crippen LogP contribution is -2.49. The molecular weight excluding hydrogens is 424 g/mol. The average molecular weight is 451 g/mol. The van der Waals surface area contributed by atoms with Crippen LogP contribution in [-0.2, 0) is 23.2 Å². The first-order valence-electron chi connectivity index (χ1n) is 11.0. The lowest BCUT2D eigenvalue weighted by Gasteiger charge is -2.52. The van der Waals surface area contributed by atoms with E-state index in [4.69, 9.17) is 11.6 Å². The predicted molar refractivity (Wildman–Crippen MR) is 124 cm³/mol. The Bertz CT molecular complexity index is 1080. The molecule has 0 aliphatic heterocycles. The van der Waals surface area contributed by atoms with E-state index in [0.29, 0.717) is 25.8 Å². The average Bonchev–Trinajstić information content (AvgIpc) is 2.78. The summed E-state index contributed by atoms with van der Waals surface area (Å²) in [6.07, 6.45) is 9.43. The fourth-order valence-corrected chi connectivity index (χ4v) is 5.55. The molecule has 1 amide bonds. The summed E-state index contributed by atoms with van der Waals surface area (Å²) in [7, 11) is 0. The zero-order valence-corrected chi connectivity index (χ0v) is 18.6. The van der Waals surface area contributed by atoms with Crippen LogP contribution in [-0.4, -0.2) is 26.7 Å². The number of halogens is 1. The van der Waals surface area contributed by atoms with Crippen LogP contribution in [0.5, 0.6) is 5.75 Å². The molecule has 1 aromatic heterocycles. The molecule has 4 rings (SSSR count). The number of aromatic hydroxyl groups is 1. The van der Waals surface area contributed by atoms with Crippen LogP contribution in [0.4, 0.5) is 0 Å². The smallest absolute Gasteiger partial charge is 0.243 e. The number of hydrogen-bond donors (Lipinski definition) is 3. The summed E-state index contributed by atoms with van der Waals surface area (Å²) in [5.74, 6) is 3.10. The van der Waals surface area contributed by atoms with Gasteiger partial charge in [0.15, 0.2) is 0 Å². The van der Waals surface area contributed by atoms with Gasteiger partial charge in [-0.05, 0) is 97.5 Å². The van der Waals surface area contributed by atoms with Crippen LogP contribution in [0, 0.1) is 17.2 Å². The lowest BCUT2D eigenvalue weighted by atomic mass is 9.53. The van der Waals surface area contributed by atoms with Gasteiger partial charge in [-0.25, -0.2) is 0 Å². The molecule has 0 radical (unpaired) electrons. The van der Waals surface area contributed by atoms with Crippen LogP contribution < -0.4 is 5.32 Å². The van der Waals surface area contributed by atoms with Crippen LogP contribution in [0.25, 0.3) is 0 Å². The molecule has 6 heteroatoms. The van der Waals surface area contributed by atoms with Gasteiger partial charge in [0.2, 0.25) is 5.91 Å². The molecule has 1 heterocycles. The summed E-state index contributed by atoms with van der Waals surface area (Å²) < 4.78 is 0. The third-order valence-corrected chi connectivity index (χ3v) is 7.03. The van der Waals surface area contributed by atoms with Crippen molar-refractivity contribution in [2.75, 3.05) is 0 Å². The Morgan fingerprint density at radius 3 is 2.97 bits per heavy atom. The Morgan fingerprint density at radius 2 is 2.19 bits per heavy atom. The number of hydrogen-bond acceptors (Lipinski definition) is 4. The zero-order valence-electron chi connectivity index (χ0n) is 17.9. The number of aromatic nitrogens is 1. The molecule has 0 unspecified atom stereocenters. The number of phenols is 1. The van der Waals surface area contributed by atoms with Crippen molar-refractivity contribution in [3.63, 3.8) is 0 Å². The molecule has 0 saturated heterocycles. The van der Waals surface area contributed by atoms with Crippen molar-refractivity contribution in [3.8, 4) is 17.0 Å². The van der Waals surface area contributed by atoms with Crippen LogP contribution in [0.1, 0.15) is 48.9 Å². The van der Waals surface area contributed by atoms with Gasteiger partial charge in [-0.15, -0.1) is 0 Å². The van der Waals surface area contributed by atoms with Gasteiger partial charge in [0, 0.05) is 17.0 Å². The molecule has 0 bridgehead atoms. The van der Waals surface area contributed by atoms with E-state index in [9.17, 15) is 15.0 Å². The van der Waals surface area contributed by atoms with Crippen molar-refractivity contribution >= 4 is 17.5 Å². The Morgan fingerprint density at radius 1 is 1.31 bits per heavy atom. The third-order valence-electron chi connectivity index (χ3n) is 6.94. The standard InChI is InChI=1S/C26H27ClN2O3/c27-14-13-25(32)11-12-26(10-3-5-24(31)29-18-21-4-1-2-15-28-21)20(17-25)7-6-19-16-22(30)8-9-23(19)26/h1-5,8-9,15-16,20,30,32H,6-7,10-12,17-18H2,(H,29,31)/t20-,25+,26-/m0/s1. The number of allylic oxidation sites excluding steroid dienone is 1. The van der Waals surface area contributed by atoms with Gasteiger partial charge < -0.3 is 15.5 Å². The number of phenolic OH excluding ortho intramolecular Hbond substituents is 1. The Hall–Kier alpha value is -2.81. The second kappa shape index (κ2) is 9.36. The highest BCUT2D eigenvalue weighted by atomic mass is 35.5. The number of aliphatic hydroxyl groups is 1. The van der Waals surface area contributed by atoms with Gasteiger partial charge in [0.05, 0.1) is 12.2 Å². The number of nitrogens with zero attached hydrogens (tertiary/aromatic N) is 1. The van der Waals surface area contributed by atoms with Gasteiger partial charge in [0.25, 0.3) is 0 Å². The number of pyridine rings is 1. The van der Waals surface area contributed by atoms with Gasteiger partial charge in [0.1, 0.15) is 11.4 Å². The van der Waals surface area contributed by atoms with Gasteiger partial charge in [-0.3, -0.25) is 9.78 Å². The number of nitrogens with one attached hydrogen (secondary N) is 1. The van der Waals surface area contributed by atoms with Gasteiger partial charge in [-0.1, -0.05) is 24.1 Å². The number of carbonyl (C=O) groups excluding carboxylic acids is 1. The van der Waals surface area contributed by atoms with Crippen LogP contribution in [0.15, 0.2) is 54.7 Å². The first-order chi connectivity index (χ1) is 15.4. The monoisotopic (exact) mass is 450 g/mol. The molecule has 0 spiro atoms. The Labute approximate surface area is 193 Å². The minimum absolute atomic E-state index is 0.161. The number of benzene rings is 1. The van der Waals surface area contributed by atoms with Crippen molar-refractivity contribution in [2.24, 2.45) is 5.92 Å². The summed E-state index contributed by atoms with van der Waals surface area (Å²) in [4.78, 5) is 16.6. The lowest BCUT2D eigenvalue weighted by molar-refractivity contribution is -0.116. The number of rotatable bonds is 5. The highest BCUT2D eigenvalue weighted by molar-refractivity contribution is 6.30. The maximum Gasteiger partial charge on any atom is 0.243 e. The highest BCUT2D eigenvalue weighted by Crippen LogP contribution is 2.54. The molecule has 2 aliphatic carbocycles. The largest absolute Gasteiger partial charge is 0.508 e. The molecule has 1 fully saturated rings. The second-order valence-corrected chi connectivity index (χ2v) is 9.02. The second-order valence-electron chi connectivity index (χ2n) is 8.83. The topological polar surface area (TPSA) is 82.5 Å². The van der Waals surface area contributed by atoms with E-state index in [1.807, 2.05) is 36.4 Å².